The molecule has 3 rings (SSSR count). The molecule has 2 saturated heterocycles. The average molecular weight is 924 g/mol. The van der Waals surface area contributed by atoms with Crippen LogP contribution in [0.2, 0.25) is 0 Å². The van der Waals surface area contributed by atoms with Crippen LogP contribution in [-0.2, 0) is 28.5 Å². The number of ether oxygens (including phenoxy) is 4. The number of nitrogens with one attached hydrogen (secondary N) is 1. The topological polar surface area (TPSA) is 285 Å². The van der Waals surface area contributed by atoms with Crippen LogP contribution in [0.3, 0.4) is 0 Å². The Balaban J connectivity index is 1.83. The Kier molecular flexibility index (Phi) is 25.6. The van der Waals surface area contributed by atoms with Gasteiger partial charge in [-0.15, -0.1) is 0 Å². The van der Waals surface area contributed by atoms with Crippen LogP contribution in [0.15, 0.2) is 72.9 Å². The van der Waals surface area contributed by atoms with Gasteiger partial charge in [0.15, 0.2) is 12.1 Å². The number of cyclic esters (lactones) is 1. The van der Waals surface area contributed by atoms with E-state index in [1.54, 1.807) is 38.2 Å². The van der Waals surface area contributed by atoms with Gasteiger partial charge in [0.05, 0.1) is 80.0 Å². The third kappa shape index (κ3) is 21.6. The van der Waals surface area contributed by atoms with Crippen molar-refractivity contribution in [1.29, 1.82) is 0 Å². The monoisotopic (exact) mass is 924 g/mol. The van der Waals surface area contributed by atoms with E-state index >= 15 is 0 Å². The summed E-state index contributed by atoms with van der Waals surface area (Å²) in [5.74, 6) is -4.23. The molecule has 370 valence electrons. The highest BCUT2D eigenvalue weighted by molar-refractivity contribution is 5.79. The first-order chi connectivity index (χ1) is 30.9. The standard InChI is InChI=1S/C48H77NO16/c1-31-16-14-12-10-8-6-4-5-7-9-11-13-15-17-37(64-47-42(57)29-41(56)33(3)63-47)28-44-38(46(60)49-22-23-50)20-21-48(61,65-44)30-43(58)39(54)19-18-34(51)25-35(52)26-36(53)27-45(59)62-32(2)24-40(31)55/h4-5,7,9-17,31-44,47,50-58,61H,6,8,18-30H2,1-3H3,(H,49,60)/b5-4+,9-7+,12-10+,13-11+,16-14+,17-15+/t31-,32-,33+,34?,35?,36?,37?,38?,39?,40?,41?,42-,43?,44?,47?,48?/m0/s1. The van der Waals surface area contributed by atoms with E-state index < -0.39 is 116 Å². The van der Waals surface area contributed by atoms with Gasteiger partial charge in [-0.25, -0.2) is 0 Å². The Morgan fingerprint density at radius 3 is 2.08 bits per heavy atom. The van der Waals surface area contributed by atoms with Gasteiger partial charge < -0.3 is 75.3 Å². The van der Waals surface area contributed by atoms with Gasteiger partial charge in [0.1, 0.15) is 12.2 Å². The number of carbonyl (C=O) groups is 2. The molecule has 0 spiro atoms. The first-order valence-corrected chi connectivity index (χ1v) is 23.1. The summed E-state index contributed by atoms with van der Waals surface area (Å²) in [6.45, 7) is 4.81. The summed E-state index contributed by atoms with van der Waals surface area (Å²) in [5, 5.41) is 109. The van der Waals surface area contributed by atoms with Crippen LogP contribution in [0.5, 0.6) is 0 Å². The second kappa shape index (κ2) is 29.6. The molecule has 0 radical (unpaired) electrons. The fourth-order valence-corrected chi connectivity index (χ4v) is 7.98. The van der Waals surface area contributed by atoms with Gasteiger partial charge in [0, 0.05) is 44.6 Å². The van der Waals surface area contributed by atoms with Crippen molar-refractivity contribution in [1.82, 2.24) is 5.32 Å². The van der Waals surface area contributed by atoms with E-state index in [9.17, 15) is 60.7 Å². The van der Waals surface area contributed by atoms with Gasteiger partial charge in [0.2, 0.25) is 5.91 Å². The number of carbonyl (C=O) groups excluding carboxylic acids is 2. The van der Waals surface area contributed by atoms with E-state index in [0.29, 0.717) is 0 Å². The molecule has 0 aliphatic carbocycles. The maximum absolute atomic E-state index is 13.4. The Hall–Kier alpha value is -3.14. The third-order valence-corrected chi connectivity index (χ3v) is 11.8. The van der Waals surface area contributed by atoms with Crippen molar-refractivity contribution in [3.05, 3.63) is 72.9 Å². The molecular weight excluding hydrogens is 847 g/mol. The van der Waals surface area contributed by atoms with Crippen molar-refractivity contribution >= 4 is 11.9 Å². The van der Waals surface area contributed by atoms with Crippen LogP contribution < -0.4 is 5.32 Å². The number of rotatable bonds is 5. The number of hydrogen-bond donors (Lipinski definition) is 11. The number of fused-ring (bicyclic) bond motifs is 2. The summed E-state index contributed by atoms with van der Waals surface area (Å²) in [5.41, 5.74) is 0. The summed E-state index contributed by atoms with van der Waals surface area (Å²) in [6, 6.07) is 0. The van der Waals surface area contributed by atoms with E-state index in [2.05, 4.69) is 5.32 Å². The van der Waals surface area contributed by atoms with Gasteiger partial charge in [-0.2, -0.15) is 0 Å². The molecule has 17 heteroatoms. The van der Waals surface area contributed by atoms with Crippen molar-refractivity contribution in [2.45, 2.75) is 190 Å². The summed E-state index contributed by atoms with van der Waals surface area (Å²) < 4.78 is 23.6. The molecule has 3 aliphatic heterocycles. The van der Waals surface area contributed by atoms with Gasteiger partial charge in [0.25, 0.3) is 0 Å². The highest BCUT2D eigenvalue weighted by Gasteiger charge is 2.46. The molecule has 12 unspecified atom stereocenters. The van der Waals surface area contributed by atoms with Crippen molar-refractivity contribution in [2.24, 2.45) is 11.8 Å². The lowest BCUT2D eigenvalue weighted by Gasteiger charge is -2.43. The third-order valence-electron chi connectivity index (χ3n) is 11.8. The lowest BCUT2D eigenvalue weighted by Crippen LogP contribution is -2.53. The molecule has 16 atom stereocenters. The molecule has 65 heavy (non-hydrogen) atoms. The van der Waals surface area contributed by atoms with Crippen LogP contribution in [-0.4, -0.2) is 161 Å². The molecule has 0 aromatic carbocycles. The highest BCUT2D eigenvalue weighted by atomic mass is 16.7. The fraction of sp³-hybridized carbons (Fsp3) is 0.708. The number of amides is 1. The van der Waals surface area contributed by atoms with Crippen molar-refractivity contribution in [3.8, 4) is 0 Å². The summed E-state index contributed by atoms with van der Waals surface area (Å²) in [7, 11) is 0. The van der Waals surface area contributed by atoms with E-state index in [1.807, 2.05) is 55.5 Å². The van der Waals surface area contributed by atoms with Crippen LogP contribution >= 0.6 is 0 Å². The van der Waals surface area contributed by atoms with Crippen LogP contribution in [0.1, 0.15) is 104 Å². The predicted octanol–water partition coefficient (Wildman–Crippen LogP) is 1.81. The molecule has 11 N–H and O–H groups in total. The SMILES string of the molecule is C[C@H]1CC(O)[C@@H](C)/C=C/C=C/CC/C=C/C=C/C=C/C=C/C(OC2O[C@H](C)C(O)C[C@@H]2O)CC2OC(O)(CCC2C(=O)NCCO)CC(O)C(O)CCC(O)CC(O)CC(O)CC(=O)O1. The van der Waals surface area contributed by atoms with Gasteiger partial charge in [-0.3, -0.25) is 9.59 Å². The van der Waals surface area contributed by atoms with Crippen molar-refractivity contribution in [3.63, 3.8) is 0 Å². The average Bonchev–Trinajstić information content (AvgIpc) is 3.22. The number of aliphatic hydroxyl groups is 10. The molecule has 0 aromatic heterocycles. The van der Waals surface area contributed by atoms with Gasteiger partial charge in [-0.05, 0) is 58.8 Å². The zero-order valence-corrected chi connectivity index (χ0v) is 38.1. The summed E-state index contributed by atoms with van der Waals surface area (Å²) >= 11 is 0. The van der Waals surface area contributed by atoms with Gasteiger partial charge >= 0.3 is 5.97 Å². The van der Waals surface area contributed by atoms with E-state index in [-0.39, 0.29) is 76.9 Å². The minimum atomic E-state index is -2.02. The minimum Gasteiger partial charge on any atom is -0.462 e. The molecule has 2 fully saturated rings. The number of hydrogen-bond acceptors (Lipinski definition) is 16. The van der Waals surface area contributed by atoms with Crippen molar-refractivity contribution in [2.75, 3.05) is 13.2 Å². The normalized spacial score (nSPS) is 41.7. The molecule has 3 aliphatic rings. The van der Waals surface area contributed by atoms with Crippen LogP contribution in [0, 0.1) is 11.8 Å². The first kappa shape index (κ1) is 56.2. The summed E-state index contributed by atoms with van der Waals surface area (Å²) in [4.78, 5) is 25.9. The molecule has 0 aromatic rings. The molecule has 3 heterocycles. The molecule has 17 nitrogen and oxygen atoms in total. The van der Waals surface area contributed by atoms with Crippen molar-refractivity contribution < 1.29 is 79.6 Å². The maximum atomic E-state index is 13.4. The lowest BCUT2D eigenvalue weighted by atomic mass is 9.84. The smallest absolute Gasteiger partial charge is 0.308 e. The largest absolute Gasteiger partial charge is 0.462 e. The Morgan fingerprint density at radius 2 is 1.37 bits per heavy atom. The van der Waals surface area contributed by atoms with E-state index in [1.165, 1.54) is 0 Å². The van der Waals surface area contributed by atoms with E-state index in [4.69, 9.17) is 18.9 Å². The Morgan fingerprint density at radius 1 is 0.723 bits per heavy atom. The van der Waals surface area contributed by atoms with Gasteiger partial charge in [-0.1, -0.05) is 79.8 Å². The molecule has 0 saturated carbocycles. The summed E-state index contributed by atoms with van der Waals surface area (Å²) in [6.07, 6.45) is 8.53. The zero-order valence-electron chi connectivity index (χ0n) is 38.1. The molecular formula is C48H77NO16. The quantitative estimate of drug-likeness (QED) is 0.175. The van der Waals surface area contributed by atoms with Crippen LogP contribution in [0.25, 0.3) is 0 Å². The highest BCUT2D eigenvalue weighted by Crippen LogP contribution is 2.38. The maximum Gasteiger partial charge on any atom is 0.308 e. The zero-order chi connectivity index (χ0) is 47.9. The first-order valence-electron chi connectivity index (χ1n) is 23.1. The Labute approximate surface area is 383 Å². The fourth-order valence-electron chi connectivity index (χ4n) is 7.98. The number of esters is 1. The second-order valence-corrected chi connectivity index (χ2v) is 17.7. The van der Waals surface area contributed by atoms with Crippen LogP contribution in [0.4, 0.5) is 0 Å². The molecule has 2 bridgehead atoms. The molecule has 1 amide bonds. The van der Waals surface area contributed by atoms with E-state index in [0.717, 1.165) is 12.8 Å². The minimum absolute atomic E-state index is 0.00235. The second-order valence-electron chi connectivity index (χ2n) is 17.7. The lowest BCUT2D eigenvalue weighted by molar-refractivity contribution is -0.294. The number of allylic oxidation sites excluding steroid dienone is 10. The predicted molar refractivity (Wildman–Crippen MR) is 240 cm³/mol. The number of aliphatic hydroxyl groups excluding tert-OH is 9. The Bertz CT molecular complexity index is 1570.